The molecular weight excluding hydrogens is 433 g/mol. The topological polar surface area (TPSA) is 81.9 Å². The summed E-state index contributed by atoms with van der Waals surface area (Å²) in [5.74, 6) is -0.596. The Balaban J connectivity index is 1.57. The van der Waals surface area contributed by atoms with E-state index in [1.54, 1.807) is 35.2 Å². The molecule has 1 heterocycles. The third-order valence-corrected chi connectivity index (χ3v) is 5.65. The predicted molar refractivity (Wildman–Crippen MR) is 109 cm³/mol. The average molecular weight is 454 g/mol. The minimum Gasteiger partial charge on any atom is -0.490 e. The highest BCUT2D eigenvalue weighted by Gasteiger charge is 2.31. The van der Waals surface area contributed by atoms with E-state index in [0.29, 0.717) is 36.4 Å². The zero-order valence-corrected chi connectivity index (χ0v) is 17.2. The quantitative estimate of drug-likeness (QED) is 0.643. The first kappa shape index (κ1) is 22.8. The molecule has 3 rings (SSSR count). The van der Waals surface area contributed by atoms with Crippen molar-refractivity contribution in [2.24, 2.45) is 5.73 Å². The summed E-state index contributed by atoms with van der Waals surface area (Å²) in [6, 6.07) is 12.4. The Morgan fingerprint density at radius 3 is 2.42 bits per heavy atom. The number of carbonyl (C=O) groups excluding carboxylic acids is 2. The molecule has 1 aliphatic heterocycles. The summed E-state index contributed by atoms with van der Waals surface area (Å²) in [5, 5.41) is 0. The number of alkyl halides is 3. The number of nitrogens with zero attached hydrogens (tertiary/aromatic N) is 1. The molecule has 2 aromatic carbocycles. The average Bonchev–Trinajstić information content (AvgIpc) is 2.71. The summed E-state index contributed by atoms with van der Waals surface area (Å²) in [6.07, 6.45) is -3.93. The van der Waals surface area contributed by atoms with Crippen molar-refractivity contribution in [3.8, 4) is 11.5 Å². The molecule has 0 radical (unpaired) electrons. The number of rotatable bonds is 7. The highest BCUT2D eigenvalue weighted by molar-refractivity contribution is 8.00. The fourth-order valence-electron chi connectivity index (χ4n) is 3.20. The molecule has 0 atom stereocenters. The van der Waals surface area contributed by atoms with Crippen LogP contribution >= 0.6 is 11.8 Å². The number of amides is 2. The normalized spacial score (nSPS) is 14.9. The minimum absolute atomic E-state index is 0.0807. The van der Waals surface area contributed by atoms with Gasteiger partial charge >= 0.3 is 6.36 Å². The largest absolute Gasteiger partial charge is 0.573 e. The number of primary amides is 1. The summed E-state index contributed by atoms with van der Waals surface area (Å²) in [4.78, 5) is 26.4. The summed E-state index contributed by atoms with van der Waals surface area (Å²) >= 11 is 1.22. The van der Waals surface area contributed by atoms with E-state index in [9.17, 15) is 22.8 Å². The molecule has 1 aliphatic rings. The lowest BCUT2D eigenvalue weighted by Gasteiger charge is -2.32. The highest BCUT2D eigenvalue weighted by atomic mass is 32.2. The monoisotopic (exact) mass is 454 g/mol. The molecular formula is C21H21F3N2O4S. The van der Waals surface area contributed by atoms with E-state index < -0.39 is 12.3 Å². The van der Waals surface area contributed by atoms with E-state index in [2.05, 4.69) is 4.74 Å². The van der Waals surface area contributed by atoms with Crippen LogP contribution in [0.2, 0.25) is 0 Å². The Morgan fingerprint density at radius 1 is 1.06 bits per heavy atom. The molecule has 1 fully saturated rings. The number of carbonyl (C=O) groups is 2. The van der Waals surface area contributed by atoms with Crippen molar-refractivity contribution < 1.29 is 32.2 Å². The van der Waals surface area contributed by atoms with E-state index in [1.165, 1.54) is 30.0 Å². The van der Waals surface area contributed by atoms with Crippen LogP contribution in [-0.4, -0.2) is 48.0 Å². The molecule has 0 bridgehead atoms. The van der Waals surface area contributed by atoms with Crippen LogP contribution in [-0.2, 0) is 4.79 Å². The first-order chi connectivity index (χ1) is 14.7. The van der Waals surface area contributed by atoms with Gasteiger partial charge in [0.1, 0.15) is 17.6 Å². The second-order valence-electron chi connectivity index (χ2n) is 6.88. The van der Waals surface area contributed by atoms with Crippen molar-refractivity contribution in [3.05, 3.63) is 54.1 Å². The molecule has 6 nitrogen and oxygen atoms in total. The fraction of sp³-hybridized carbons (Fsp3) is 0.333. The van der Waals surface area contributed by atoms with Crippen molar-refractivity contribution in [1.82, 2.24) is 4.90 Å². The number of ether oxygens (including phenoxy) is 2. The summed E-state index contributed by atoms with van der Waals surface area (Å²) in [7, 11) is 0. The summed E-state index contributed by atoms with van der Waals surface area (Å²) in [6.45, 7) is 0.883. The molecule has 0 unspecified atom stereocenters. The maximum absolute atomic E-state index is 12.9. The van der Waals surface area contributed by atoms with Gasteiger partial charge in [-0.3, -0.25) is 9.59 Å². The molecule has 0 saturated carbocycles. The van der Waals surface area contributed by atoms with E-state index in [4.69, 9.17) is 10.5 Å². The Bertz CT molecular complexity index is 931. The number of piperidine rings is 1. The molecule has 2 N–H and O–H groups in total. The van der Waals surface area contributed by atoms with Crippen molar-refractivity contribution >= 4 is 23.6 Å². The number of thioether (sulfide) groups is 1. The molecule has 2 aromatic rings. The van der Waals surface area contributed by atoms with E-state index in [1.807, 2.05) is 0 Å². The second kappa shape index (κ2) is 9.95. The van der Waals surface area contributed by atoms with Gasteiger partial charge in [0, 0.05) is 36.9 Å². The maximum atomic E-state index is 12.9. The lowest BCUT2D eigenvalue weighted by atomic mass is 10.1. The van der Waals surface area contributed by atoms with E-state index in [0.717, 1.165) is 0 Å². The van der Waals surface area contributed by atoms with Crippen LogP contribution in [0.25, 0.3) is 0 Å². The lowest BCUT2D eigenvalue weighted by molar-refractivity contribution is -0.274. The van der Waals surface area contributed by atoms with Crippen LogP contribution < -0.4 is 15.2 Å². The number of benzene rings is 2. The molecule has 0 aromatic heterocycles. The standard InChI is InChI=1S/C21H21F3N2O4S/c22-21(23,24)30-16-5-3-4-15(12-16)29-14-8-10-26(11-9-14)20(28)17-6-1-2-7-18(17)31-13-19(25)27/h1-7,12,14H,8-11,13H2,(H2,25,27). The smallest absolute Gasteiger partial charge is 0.490 e. The minimum atomic E-state index is -4.77. The van der Waals surface area contributed by atoms with Gasteiger partial charge < -0.3 is 20.1 Å². The van der Waals surface area contributed by atoms with Gasteiger partial charge in [0.05, 0.1) is 11.3 Å². The van der Waals surface area contributed by atoms with Crippen LogP contribution in [0.1, 0.15) is 23.2 Å². The van der Waals surface area contributed by atoms with Crippen LogP contribution in [0.4, 0.5) is 13.2 Å². The predicted octanol–water partition coefficient (Wildman–Crippen LogP) is 3.85. The molecule has 166 valence electrons. The molecule has 31 heavy (non-hydrogen) atoms. The number of hydrogen-bond acceptors (Lipinski definition) is 5. The van der Waals surface area contributed by atoms with Gasteiger partial charge in [-0.1, -0.05) is 18.2 Å². The van der Waals surface area contributed by atoms with Crippen molar-refractivity contribution in [2.75, 3.05) is 18.8 Å². The first-order valence-corrected chi connectivity index (χ1v) is 10.5. The summed E-state index contributed by atoms with van der Waals surface area (Å²) in [5.41, 5.74) is 5.70. The van der Waals surface area contributed by atoms with Gasteiger partial charge in [0.15, 0.2) is 0 Å². The van der Waals surface area contributed by atoms with Crippen LogP contribution in [0.5, 0.6) is 11.5 Å². The molecule has 10 heteroatoms. The van der Waals surface area contributed by atoms with Gasteiger partial charge in [0.2, 0.25) is 5.91 Å². The molecule has 0 aliphatic carbocycles. The molecule has 0 spiro atoms. The van der Waals surface area contributed by atoms with Crippen LogP contribution in [0.3, 0.4) is 0 Å². The third-order valence-electron chi connectivity index (χ3n) is 4.56. The van der Waals surface area contributed by atoms with Gasteiger partial charge in [-0.2, -0.15) is 0 Å². The Labute approximate surface area is 181 Å². The van der Waals surface area contributed by atoms with E-state index in [-0.39, 0.29) is 29.3 Å². The van der Waals surface area contributed by atoms with E-state index >= 15 is 0 Å². The molecule has 1 saturated heterocycles. The number of nitrogens with two attached hydrogens (primary N) is 1. The van der Waals surface area contributed by atoms with Crippen molar-refractivity contribution in [2.45, 2.75) is 30.2 Å². The number of likely N-dealkylation sites (tertiary alicyclic amines) is 1. The summed E-state index contributed by atoms with van der Waals surface area (Å²) < 4.78 is 46.8. The van der Waals surface area contributed by atoms with Crippen LogP contribution in [0, 0.1) is 0 Å². The SMILES string of the molecule is NC(=O)CSc1ccccc1C(=O)N1CCC(Oc2cccc(OC(F)(F)F)c2)CC1. The third kappa shape index (κ3) is 6.81. The van der Waals surface area contributed by atoms with Gasteiger partial charge in [-0.25, -0.2) is 0 Å². The van der Waals surface area contributed by atoms with Crippen LogP contribution in [0.15, 0.2) is 53.4 Å². The highest BCUT2D eigenvalue weighted by Crippen LogP contribution is 2.29. The van der Waals surface area contributed by atoms with Gasteiger partial charge in [-0.05, 0) is 24.3 Å². The Hall–Kier alpha value is -2.88. The lowest BCUT2D eigenvalue weighted by Crippen LogP contribution is -2.42. The molecule has 2 amide bonds. The first-order valence-electron chi connectivity index (χ1n) is 9.53. The van der Waals surface area contributed by atoms with Gasteiger partial charge in [0.25, 0.3) is 5.91 Å². The zero-order chi connectivity index (χ0) is 22.4. The second-order valence-corrected chi connectivity index (χ2v) is 7.90. The Morgan fingerprint density at radius 2 is 1.74 bits per heavy atom. The van der Waals surface area contributed by atoms with Gasteiger partial charge in [-0.15, -0.1) is 24.9 Å². The zero-order valence-electron chi connectivity index (χ0n) is 16.4. The maximum Gasteiger partial charge on any atom is 0.573 e. The number of hydrogen-bond donors (Lipinski definition) is 1. The van der Waals surface area contributed by atoms with Crippen molar-refractivity contribution in [1.29, 1.82) is 0 Å². The fourth-order valence-corrected chi connectivity index (χ4v) is 3.99. The van der Waals surface area contributed by atoms with Crippen molar-refractivity contribution in [3.63, 3.8) is 0 Å². The Kier molecular flexibility index (Phi) is 7.32. The number of halogens is 3.